The van der Waals surface area contributed by atoms with Crippen LogP contribution in [0.1, 0.15) is 36.2 Å². The number of amides is 1. The van der Waals surface area contributed by atoms with Crippen molar-refractivity contribution >= 4 is 40.6 Å². The van der Waals surface area contributed by atoms with E-state index in [0.29, 0.717) is 27.6 Å². The molecule has 1 aromatic heterocycles. The topological polar surface area (TPSA) is 66.9 Å². The van der Waals surface area contributed by atoms with E-state index in [9.17, 15) is 4.79 Å². The highest BCUT2D eigenvalue weighted by Crippen LogP contribution is 2.26. The minimum absolute atomic E-state index is 0.284. The number of rotatable bonds is 4. The van der Waals surface area contributed by atoms with Crippen LogP contribution in [0.15, 0.2) is 30.6 Å². The number of hydrogen-bond donors (Lipinski definition) is 2. The highest BCUT2D eigenvalue weighted by Gasteiger charge is 2.16. The SMILES string of the molecule is O=C(Nc1ccc(Cl)cc1Cl)c1cc(NC2CCCC2)ncn1. The minimum atomic E-state index is -0.342. The highest BCUT2D eigenvalue weighted by atomic mass is 35.5. The molecule has 0 unspecified atom stereocenters. The largest absolute Gasteiger partial charge is 0.367 e. The molecule has 1 saturated carbocycles. The van der Waals surface area contributed by atoms with E-state index in [1.807, 2.05) is 0 Å². The molecule has 0 saturated heterocycles. The van der Waals surface area contributed by atoms with Gasteiger partial charge in [-0.3, -0.25) is 4.79 Å². The lowest BCUT2D eigenvalue weighted by atomic mass is 10.2. The molecule has 120 valence electrons. The summed E-state index contributed by atoms with van der Waals surface area (Å²) in [6.07, 6.45) is 6.10. The van der Waals surface area contributed by atoms with Crippen LogP contribution >= 0.6 is 23.2 Å². The summed E-state index contributed by atoms with van der Waals surface area (Å²) in [5.74, 6) is 0.324. The third-order valence-corrected chi connectivity index (χ3v) is 4.33. The molecule has 1 aliphatic rings. The molecule has 0 bridgehead atoms. The zero-order chi connectivity index (χ0) is 16.2. The summed E-state index contributed by atoms with van der Waals surface area (Å²) in [5, 5.41) is 6.96. The Morgan fingerprint density at radius 3 is 2.65 bits per heavy atom. The first kappa shape index (κ1) is 16.0. The zero-order valence-corrected chi connectivity index (χ0v) is 13.9. The molecule has 3 rings (SSSR count). The van der Waals surface area contributed by atoms with Crippen molar-refractivity contribution in [2.75, 3.05) is 10.6 Å². The Bertz CT molecular complexity index is 717. The van der Waals surface area contributed by atoms with Crippen molar-refractivity contribution in [2.45, 2.75) is 31.7 Å². The first-order valence-electron chi connectivity index (χ1n) is 7.47. The van der Waals surface area contributed by atoms with Crippen LogP contribution in [0, 0.1) is 0 Å². The maximum atomic E-state index is 12.3. The number of hydrogen-bond acceptors (Lipinski definition) is 4. The van der Waals surface area contributed by atoms with Gasteiger partial charge >= 0.3 is 0 Å². The van der Waals surface area contributed by atoms with E-state index in [4.69, 9.17) is 23.2 Å². The van der Waals surface area contributed by atoms with Crippen molar-refractivity contribution in [3.8, 4) is 0 Å². The lowest BCUT2D eigenvalue weighted by Crippen LogP contribution is -2.18. The Labute approximate surface area is 144 Å². The molecule has 0 spiro atoms. The molecule has 1 fully saturated rings. The van der Waals surface area contributed by atoms with Gasteiger partial charge in [0.2, 0.25) is 0 Å². The van der Waals surface area contributed by atoms with Crippen LogP contribution in [-0.2, 0) is 0 Å². The van der Waals surface area contributed by atoms with E-state index in [1.165, 1.54) is 19.2 Å². The second-order valence-electron chi connectivity index (χ2n) is 5.49. The fourth-order valence-corrected chi connectivity index (χ4v) is 3.07. The van der Waals surface area contributed by atoms with Crippen LogP contribution in [0.5, 0.6) is 0 Å². The van der Waals surface area contributed by atoms with Gasteiger partial charge in [-0.2, -0.15) is 0 Å². The maximum absolute atomic E-state index is 12.3. The van der Waals surface area contributed by atoms with Gasteiger partial charge in [0.25, 0.3) is 5.91 Å². The van der Waals surface area contributed by atoms with E-state index in [0.717, 1.165) is 12.8 Å². The molecule has 2 N–H and O–H groups in total. The van der Waals surface area contributed by atoms with Crippen LogP contribution in [0.25, 0.3) is 0 Å². The molecule has 0 radical (unpaired) electrons. The molecule has 7 heteroatoms. The average Bonchev–Trinajstić information content (AvgIpc) is 3.03. The molecule has 1 aliphatic carbocycles. The molecule has 0 atom stereocenters. The first-order chi connectivity index (χ1) is 11.1. The Balaban J connectivity index is 1.71. The number of carbonyl (C=O) groups is 1. The summed E-state index contributed by atoms with van der Waals surface area (Å²) in [4.78, 5) is 20.5. The Morgan fingerprint density at radius 1 is 1.13 bits per heavy atom. The van der Waals surface area contributed by atoms with Crippen LogP contribution in [0.4, 0.5) is 11.5 Å². The summed E-state index contributed by atoms with van der Waals surface area (Å²) in [6.45, 7) is 0. The Hall–Kier alpha value is -1.85. The van der Waals surface area contributed by atoms with E-state index in [-0.39, 0.29) is 11.6 Å². The van der Waals surface area contributed by atoms with Crippen molar-refractivity contribution in [3.05, 3.63) is 46.3 Å². The summed E-state index contributed by atoms with van der Waals surface area (Å²) in [6, 6.07) is 6.97. The van der Waals surface area contributed by atoms with Gasteiger partial charge in [0, 0.05) is 17.1 Å². The molecular weight excluding hydrogens is 335 g/mol. The summed E-state index contributed by atoms with van der Waals surface area (Å²) < 4.78 is 0. The van der Waals surface area contributed by atoms with E-state index < -0.39 is 0 Å². The van der Waals surface area contributed by atoms with Crippen LogP contribution in [-0.4, -0.2) is 21.9 Å². The van der Waals surface area contributed by atoms with Gasteiger partial charge in [-0.05, 0) is 31.0 Å². The Kier molecular flexibility index (Phi) is 4.98. The van der Waals surface area contributed by atoms with Gasteiger partial charge in [-0.15, -0.1) is 0 Å². The van der Waals surface area contributed by atoms with E-state index in [2.05, 4.69) is 20.6 Å². The van der Waals surface area contributed by atoms with Crippen molar-refractivity contribution in [2.24, 2.45) is 0 Å². The second kappa shape index (κ2) is 7.15. The highest BCUT2D eigenvalue weighted by molar-refractivity contribution is 6.36. The van der Waals surface area contributed by atoms with Gasteiger partial charge < -0.3 is 10.6 Å². The van der Waals surface area contributed by atoms with Gasteiger partial charge in [0.15, 0.2) is 0 Å². The number of benzene rings is 1. The van der Waals surface area contributed by atoms with Crippen molar-refractivity contribution in [1.82, 2.24) is 9.97 Å². The molecule has 5 nitrogen and oxygen atoms in total. The molecule has 23 heavy (non-hydrogen) atoms. The molecule has 1 amide bonds. The predicted octanol–water partition coefficient (Wildman–Crippen LogP) is 4.39. The molecular formula is C16H16Cl2N4O. The van der Waals surface area contributed by atoms with E-state index >= 15 is 0 Å². The summed E-state index contributed by atoms with van der Waals surface area (Å²) in [7, 11) is 0. The number of nitrogens with one attached hydrogen (secondary N) is 2. The fraction of sp³-hybridized carbons (Fsp3) is 0.312. The summed E-state index contributed by atoms with van der Waals surface area (Å²) >= 11 is 11.9. The predicted molar refractivity (Wildman–Crippen MR) is 92.3 cm³/mol. The second-order valence-corrected chi connectivity index (χ2v) is 6.34. The van der Waals surface area contributed by atoms with E-state index in [1.54, 1.807) is 24.3 Å². The third-order valence-electron chi connectivity index (χ3n) is 3.79. The zero-order valence-electron chi connectivity index (χ0n) is 12.4. The van der Waals surface area contributed by atoms with Crippen molar-refractivity contribution in [1.29, 1.82) is 0 Å². The molecule has 1 aromatic carbocycles. The lowest BCUT2D eigenvalue weighted by Gasteiger charge is -2.13. The van der Waals surface area contributed by atoms with Crippen LogP contribution < -0.4 is 10.6 Å². The van der Waals surface area contributed by atoms with Crippen molar-refractivity contribution < 1.29 is 4.79 Å². The smallest absolute Gasteiger partial charge is 0.274 e. The quantitative estimate of drug-likeness (QED) is 0.857. The van der Waals surface area contributed by atoms with Crippen LogP contribution in [0.3, 0.4) is 0 Å². The van der Waals surface area contributed by atoms with Gasteiger partial charge in [0.05, 0.1) is 10.7 Å². The number of halogens is 2. The van der Waals surface area contributed by atoms with Gasteiger partial charge in [-0.1, -0.05) is 36.0 Å². The summed E-state index contributed by atoms with van der Waals surface area (Å²) in [5.41, 5.74) is 0.775. The third kappa shape index (κ3) is 4.12. The van der Waals surface area contributed by atoms with Gasteiger partial charge in [-0.25, -0.2) is 9.97 Å². The monoisotopic (exact) mass is 350 g/mol. The number of nitrogens with zero attached hydrogens (tertiary/aromatic N) is 2. The van der Waals surface area contributed by atoms with Crippen LogP contribution in [0.2, 0.25) is 10.0 Å². The maximum Gasteiger partial charge on any atom is 0.274 e. The number of anilines is 2. The first-order valence-corrected chi connectivity index (χ1v) is 8.22. The Morgan fingerprint density at radius 2 is 1.91 bits per heavy atom. The normalized spacial score (nSPS) is 14.7. The van der Waals surface area contributed by atoms with Crippen molar-refractivity contribution in [3.63, 3.8) is 0 Å². The number of aromatic nitrogens is 2. The fourth-order valence-electron chi connectivity index (χ4n) is 2.62. The standard InChI is InChI=1S/C16H16Cl2N4O/c17-10-5-6-13(12(18)7-10)22-16(23)14-8-15(20-9-19-14)21-11-3-1-2-4-11/h5-9,11H,1-4H2,(H,22,23)(H,19,20,21). The molecule has 1 heterocycles. The average molecular weight is 351 g/mol. The molecule has 0 aliphatic heterocycles. The lowest BCUT2D eigenvalue weighted by molar-refractivity contribution is 0.102. The molecule has 2 aromatic rings. The van der Waals surface area contributed by atoms with Gasteiger partial charge in [0.1, 0.15) is 17.8 Å². The minimum Gasteiger partial charge on any atom is -0.367 e. The number of carbonyl (C=O) groups excluding carboxylic acids is 1.